The molecule has 0 saturated heterocycles. The molecule has 0 aliphatic carbocycles. The van der Waals surface area contributed by atoms with E-state index >= 15 is 0 Å². The third kappa shape index (κ3) is 3.28. The Morgan fingerprint density at radius 2 is 1.73 bits per heavy atom. The van der Waals surface area contributed by atoms with Gasteiger partial charge in [-0.15, -0.1) is 0 Å². The Balaban J connectivity index is 1.66. The first-order chi connectivity index (χ1) is 15.8. The number of carbonyl (C=O) groups excluding carboxylic acids is 2. The molecule has 0 N–H and O–H groups in total. The lowest BCUT2D eigenvalue weighted by atomic mass is 9.80. The molecule has 0 radical (unpaired) electrons. The number of hydrogen-bond acceptors (Lipinski definition) is 8. The third-order valence-corrected chi connectivity index (χ3v) is 6.19. The fraction of sp³-hybridized carbons (Fsp3) is 0.360. The zero-order valence-corrected chi connectivity index (χ0v) is 18.9. The predicted octanol–water partition coefficient (Wildman–Crippen LogP) is 3.63. The molecule has 0 unspecified atom stereocenters. The van der Waals surface area contributed by atoms with E-state index < -0.39 is 18.0 Å². The van der Waals surface area contributed by atoms with E-state index in [0.29, 0.717) is 40.7 Å². The van der Waals surface area contributed by atoms with Crippen LogP contribution in [0.25, 0.3) is 0 Å². The minimum Gasteiger partial charge on any atom is -0.493 e. The first kappa shape index (κ1) is 21.2. The molecular weight excluding hydrogens is 428 g/mol. The lowest BCUT2D eigenvalue weighted by molar-refractivity contribution is -0.131. The van der Waals surface area contributed by atoms with Gasteiger partial charge < -0.3 is 28.4 Å². The van der Waals surface area contributed by atoms with Crippen LogP contribution in [0.4, 0.5) is 0 Å². The van der Waals surface area contributed by atoms with Crippen LogP contribution in [0.15, 0.2) is 30.4 Å². The van der Waals surface area contributed by atoms with E-state index in [1.165, 1.54) is 21.1 Å². The van der Waals surface area contributed by atoms with Crippen LogP contribution in [0, 0.1) is 0 Å². The van der Waals surface area contributed by atoms with Gasteiger partial charge in [-0.2, -0.15) is 0 Å². The molecule has 3 atom stereocenters. The molecule has 33 heavy (non-hydrogen) atoms. The number of methoxy groups -OCH3 is 2. The molecule has 8 heteroatoms. The van der Waals surface area contributed by atoms with Gasteiger partial charge in [0.25, 0.3) is 0 Å². The Hall–Kier alpha value is -3.68. The summed E-state index contributed by atoms with van der Waals surface area (Å²) in [5, 5.41) is 0. The van der Waals surface area contributed by atoms with E-state index in [0.717, 1.165) is 11.1 Å². The van der Waals surface area contributed by atoms with E-state index in [-0.39, 0.29) is 29.8 Å². The van der Waals surface area contributed by atoms with Crippen LogP contribution in [0.3, 0.4) is 0 Å². The summed E-state index contributed by atoms with van der Waals surface area (Å²) in [6, 6.07) is 5.03. The molecule has 3 aliphatic rings. The molecular formula is C25H24O8. The van der Waals surface area contributed by atoms with Crippen LogP contribution >= 0.6 is 0 Å². The Labute approximate surface area is 191 Å². The summed E-state index contributed by atoms with van der Waals surface area (Å²) < 4.78 is 34.5. The number of esters is 1. The van der Waals surface area contributed by atoms with Crippen LogP contribution in [0.5, 0.6) is 34.5 Å². The number of Topliss-reactive ketones (excluding diaryl/α,β-unsaturated/α-hetero) is 1. The smallest absolute Gasteiger partial charge is 0.308 e. The molecule has 0 amide bonds. The van der Waals surface area contributed by atoms with E-state index in [1.54, 1.807) is 18.2 Å². The van der Waals surface area contributed by atoms with Gasteiger partial charge in [0.1, 0.15) is 47.4 Å². The fourth-order valence-corrected chi connectivity index (χ4v) is 4.64. The second-order valence-electron chi connectivity index (χ2n) is 8.36. The highest BCUT2D eigenvalue weighted by atomic mass is 16.6. The van der Waals surface area contributed by atoms with Gasteiger partial charge in [0, 0.05) is 36.6 Å². The normalized spacial score (nSPS) is 21.8. The second-order valence-corrected chi connectivity index (χ2v) is 8.36. The second kappa shape index (κ2) is 7.72. The first-order valence-corrected chi connectivity index (χ1v) is 10.6. The quantitative estimate of drug-likeness (QED) is 0.395. The fourth-order valence-electron chi connectivity index (χ4n) is 4.64. The summed E-state index contributed by atoms with van der Waals surface area (Å²) in [6.45, 7) is 7.32. The molecule has 8 nitrogen and oxygen atoms in total. The number of ether oxygens (including phenoxy) is 6. The first-order valence-electron chi connectivity index (χ1n) is 10.6. The molecule has 0 bridgehead atoms. The van der Waals surface area contributed by atoms with Crippen molar-refractivity contribution in [2.45, 2.75) is 38.4 Å². The van der Waals surface area contributed by atoms with Gasteiger partial charge in [-0.25, -0.2) is 0 Å². The average molecular weight is 452 g/mol. The van der Waals surface area contributed by atoms with Crippen LogP contribution in [0.2, 0.25) is 0 Å². The van der Waals surface area contributed by atoms with Crippen LogP contribution in [-0.4, -0.2) is 44.8 Å². The summed E-state index contributed by atoms with van der Waals surface area (Å²) in [5.41, 5.74) is 2.48. The van der Waals surface area contributed by atoms with Crippen molar-refractivity contribution in [3.05, 3.63) is 47.0 Å². The molecule has 2 aromatic rings. The SMILES string of the molecule is C=C(C)[C@@H]1Cc2c(cc(OC(C)=O)c3c2O[C@H]2COc4cc(OC)c(OC)cc4[C@@H]2C3=O)O1. The van der Waals surface area contributed by atoms with E-state index in [9.17, 15) is 9.59 Å². The third-order valence-electron chi connectivity index (χ3n) is 6.19. The highest BCUT2D eigenvalue weighted by Crippen LogP contribution is 2.52. The molecule has 0 spiro atoms. The highest BCUT2D eigenvalue weighted by Gasteiger charge is 2.47. The molecule has 5 rings (SSSR count). The Bertz CT molecular complexity index is 1200. The predicted molar refractivity (Wildman–Crippen MR) is 117 cm³/mol. The van der Waals surface area contributed by atoms with E-state index in [4.69, 9.17) is 28.4 Å². The Kier molecular flexibility index (Phi) is 4.96. The van der Waals surface area contributed by atoms with Crippen molar-refractivity contribution >= 4 is 11.8 Å². The molecule has 3 heterocycles. The topological polar surface area (TPSA) is 89.5 Å². The van der Waals surface area contributed by atoms with Crippen molar-refractivity contribution in [2.75, 3.05) is 20.8 Å². The van der Waals surface area contributed by atoms with Crippen molar-refractivity contribution in [3.63, 3.8) is 0 Å². The summed E-state index contributed by atoms with van der Waals surface area (Å²) in [7, 11) is 3.06. The highest BCUT2D eigenvalue weighted by molar-refractivity contribution is 6.08. The summed E-state index contributed by atoms with van der Waals surface area (Å²) >= 11 is 0. The maximum atomic E-state index is 13.9. The number of rotatable bonds is 4. The van der Waals surface area contributed by atoms with Gasteiger partial charge in [-0.1, -0.05) is 6.58 Å². The lowest BCUT2D eigenvalue weighted by Crippen LogP contribution is -2.43. The number of fused-ring (bicyclic) bond motifs is 6. The van der Waals surface area contributed by atoms with Gasteiger partial charge >= 0.3 is 5.97 Å². The van der Waals surface area contributed by atoms with Gasteiger partial charge in [0.05, 0.1) is 20.1 Å². The van der Waals surface area contributed by atoms with Crippen molar-refractivity contribution < 1.29 is 38.0 Å². The zero-order valence-electron chi connectivity index (χ0n) is 18.9. The number of benzene rings is 2. The molecule has 172 valence electrons. The Morgan fingerprint density at radius 1 is 1.03 bits per heavy atom. The standard InChI is InChI=1S/C25H24O8/c1-11(2)15-7-14-17(32-15)9-20(31-12(3)26)23-24(27)22-13-6-18(28-4)19(29-5)8-16(13)30-10-21(22)33-25(14)23/h6,8-9,15,21-22H,1,7,10H2,2-5H3/t15-,21-,22-/m0/s1. The van der Waals surface area contributed by atoms with Crippen LogP contribution in [0.1, 0.15) is 41.3 Å². The van der Waals surface area contributed by atoms with Gasteiger partial charge in [0.2, 0.25) is 0 Å². The molecule has 2 aromatic carbocycles. The minimum absolute atomic E-state index is 0.121. The number of ketones is 1. The molecule has 0 saturated carbocycles. The summed E-state index contributed by atoms with van der Waals surface area (Å²) in [5.74, 6) is 1.11. The average Bonchev–Trinajstić information content (AvgIpc) is 3.22. The van der Waals surface area contributed by atoms with Crippen molar-refractivity contribution in [2.24, 2.45) is 0 Å². The maximum absolute atomic E-state index is 13.9. The van der Waals surface area contributed by atoms with Crippen molar-refractivity contribution in [3.8, 4) is 34.5 Å². The summed E-state index contributed by atoms with van der Waals surface area (Å²) in [6.07, 6.45) is -0.287. The van der Waals surface area contributed by atoms with Gasteiger partial charge in [-0.3, -0.25) is 9.59 Å². The minimum atomic E-state index is -0.660. The van der Waals surface area contributed by atoms with E-state index in [1.807, 2.05) is 6.92 Å². The monoisotopic (exact) mass is 452 g/mol. The van der Waals surface area contributed by atoms with E-state index in [2.05, 4.69) is 6.58 Å². The van der Waals surface area contributed by atoms with Crippen LogP contribution < -0.4 is 28.4 Å². The largest absolute Gasteiger partial charge is 0.493 e. The lowest BCUT2D eigenvalue weighted by Gasteiger charge is -2.38. The summed E-state index contributed by atoms with van der Waals surface area (Å²) in [4.78, 5) is 25.8. The van der Waals surface area contributed by atoms with Gasteiger partial charge in [0.15, 0.2) is 17.3 Å². The number of hydrogen-bond donors (Lipinski definition) is 0. The van der Waals surface area contributed by atoms with Crippen molar-refractivity contribution in [1.82, 2.24) is 0 Å². The molecule has 0 fully saturated rings. The Morgan fingerprint density at radius 3 is 2.39 bits per heavy atom. The number of carbonyl (C=O) groups is 2. The molecule has 3 aliphatic heterocycles. The van der Waals surface area contributed by atoms with Gasteiger partial charge in [-0.05, 0) is 18.6 Å². The van der Waals surface area contributed by atoms with Crippen LogP contribution in [-0.2, 0) is 11.2 Å². The van der Waals surface area contributed by atoms with Crippen molar-refractivity contribution in [1.29, 1.82) is 0 Å². The maximum Gasteiger partial charge on any atom is 0.308 e. The zero-order chi connectivity index (χ0) is 23.4. The molecule has 0 aromatic heterocycles.